The Morgan fingerprint density at radius 2 is 1.86 bits per heavy atom. The lowest BCUT2D eigenvalue weighted by Crippen LogP contribution is -2.00. The van der Waals surface area contributed by atoms with Crippen LogP contribution in [0.2, 0.25) is 0 Å². The van der Waals surface area contributed by atoms with Crippen LogP contribution >= 0.6 is 0 Å². The Balaban J connectivity index is 1.91. The van der Waals surface area contributed by atoms with Gasteiger partial charge in [-0.25, -0.2) is 4.39 Å². The molecule has 0 saturated carbocycles. The van der Waals surface area contributed by atoms with Crippen LogP contribution in [-0.4, -0.2) is 4.98 Å². The average Bonchev–Trinajstić information content (AvgIpc) is 2.46. The first kappa shape index (κ1) is 13.6. The van der Waals surface area contributed by atoms with Gasteiger partial charge in [0.2, 0.25) is 0 Å². The summed E-state index contributed by atoms with van der Waals surface area (Å²) in [6.07, 6.45) is 0. The number of halogens is 1. The molecule has 0 bridgehead atoms. The maximum atomic E-state index is 13.1. The molecule has 0 saturated heterocycles. The molecule has 21 heavy (non-hydrogen) atoms. The maximum absolute atomic E-state index is 13.1. The van der Waals surface area contributed by atoms with Gasteiger partial charge >= 0.3 is 0 Å². The Kier molecular flexibility index (Phi) is 3.57. The van der Waals surface area contributed by atoms with Crippen molar-refractivity contribution in [2.24, 2.45) is 0 Å². The highest BCUT2D eigenvalue weighted by atomic mass is 19.1. The van der Waals surface area contributed by atoms with E-state index in [0.29, 0.717) is 12.4 Å². The molecule has 0 aliphatic rings. The number of hydrogen-bond donors (Lipinski definition) is 0. The molecule has 3 aromatic rings. The Bertz CT molecular complexity index is 798. The van der Waals surface area contributed by atoms with Crippen LogP contribution in [0, 0.1) is 19.7 Å². The lowest BCUT2D eigenvalue weighted by molar-refractivity contribution is 0.305. The third-order valence-electron chi connectivity index (χ3n) is 3.45. The molecule has 0 amide bonds. The molecule has 3 heteroatoms. The van der Waals surface area contributed by atoms with Crippen LogP contribution in [0.1, 0.15) is 16.8 Å². The number of hydrogen-bond acceptors (Lipinski definition) is 2. The summed E-state index contributed by atoms with van der Waals surface area (Å²) in [5.74, 6) is 0.458. The lowest BCUT2D eigenvalue weighted by Gasteiger charge is -2.11. The van der Waals surface area contributed by atoms with Gasteiger partial charge < -0.3 is 4.74 Å². The van der Waals surface area contributed by atoms with E-state index in [1.807, 2.05) is 44.2 Å². The van der Waals surface area contributed by atoms with Crippen molar-refractivity contribution >= 4 is 10.9 Å². The zero-order chi connectivity index (χ0) is 14.8. The fourth-order valence-electron chi connectivity index (χ4n) is 2.44. The molecular formula is C18H16FNO. The summed E-state index contributed by atoms with van der Waals surface area (Å²) < 4.78 is 19.0. The number of pyridine rings is 1. The molecule has 0 aliphatic heterocycles. The summed E-state index contributed by atoms with van der Waals surface area (Å²) in [5.41, 5.74) is 3.81. The lowest BCUT2D eigenvalue weighted by atomic mass is 10.1. The van der Waals surface area contributed by atoms with Crippen molar-refractivity contribution in [3.05, 3.63) is 71.2 Å². The van der Waals surface area contributed by atoms with Gasteiger partial charge in [-0.15, -0.1) is 0 Å². The SMILES string of the molecule is Cc1cc(COc2ccc(F)cc2C)c2ccccc2n1. The first-order valence-electron chi connectivity index (χ1n) is 6.88. The molecule has 1 aromatic heterocycles. The van der Waals surface area contributed by atoms with E-state index >= 15 is 0 Å². The molecule has 0 atom stereocenters. The standard InChI is InChI=1S/C18H16FNO/c1-12-9-15(19)7-8-18(12)21-11-14-10-13(2)20-17-6-4-3-5-16(14)17/h3-10H,11H2,1-2H3. The molecule has 0 fully saturated rings. The van der Waals surface area contributed by atoms with Crippen molar-refractivity contribution in [2.75, 3.05) is 0 Å². The van der Waals surface area contributed by atoms with E-state index in [1.54, 1.807) is 6.07 Å². The number of nitrogens with zero attached hydrogens (tertiary/aromatic N) is 1. The van der Waals surface area contributed by atoms with Crippen LogP contribution in [-0.2, 0) is 6.61 Å². The van der Waals surface area contributed by atoms with Crippen molar-refractivity contribution in [3.63, 3.8) is 0 Å². The second kappa shape index (κ2) is 5.52. The van der Waals surface area contributed by atoms with E-state index in [-0.39, 0.29) is 5.82 Å². The number of para-hydroxylation sites is 1. The van der Waals surface area contributed by atoms with Crippen LogP contribution in [0.15, 0.2) is 48.5 Å². The van der Waals surface area contributed by atoms with Gasteiger partial charge in [0.1, 0.15) is 18.2 Å². The van der Waals surface area contributed by atoms with E-state index in [0.717, 1.165) is 27.7 Å². The van der Waals surface area contributed by atoms with Gasteiger partial charge in [-0.3, -0.25) is 4.98 Å². The summed E-state index contributed by atoms with van der Waals surface area (Å²) in [6, 6.07) is 14.6. The smallest absolute Gasteiger partial charge is 0.123 e. The molecular weight excluding hydrogens is 265 g/mol. The molecule has 0 spiro atoms. The Morgan fingerprint density at radius 3 is 2.67 bits per heavy atom. The average molecular weight is 281 g/mol. The Labute approximate surface area is 123 Å². The molecule has 0 unspecified atom stereocenters. The van der Waals surface area contributed by atoms with Crippen LogP contribution in [0.4, 0.5) is 4.39 Å². The van der Waals surface area contributed by atoms with Gasteiger partial charge in [0.25, 0.3) is 0 Å². The predicted octanol–water partition coefficient (Wildman–Crippen LogP) is 4.57. The molecule has 106 valence electrons. The second-order valence-corrected chi connectivity index (χ2v) is 5.14. The quantitative estimate of drug-likeness (QED) is 0.701. The van der Waals surface area contributed by atoms with Crippen molar-refractivity contribution in [1.29, 1.82) is 0 Å². The van der Waals surface area contributed by atoms with Crippen LogP contribution in [0.5, 0.6) is 5.75 Å². The molecule has 0 aliphatic carbocycles. The number of rotatable bonds is 3. The van der Waals surface area contributed by atoms with Crippen molar-refractivity contribution in [2.45, 2.75) is 20.5 Å². The highest BCUT2D eigenvalue weighted by Crippen LogP contribution is 2.23. The van der Waals surface area contributed by atoms with Gasteiger partial charge in [0, 0.05) is 16.6 Å². The van der Waals surface area contributed by atoms with Crippen molar-refractivity contribution in [1.82, 2.24) is 4.98 Å². The molecule has 0 radical (unpaired) electrons. The van der Waals surface area contributed by atoms with E-state index in [4.69, 9.17) is 4.74 Å². The first-order chi connectivity index (χ1) is 10.1. The van der Waals surface area contributed by atoms with Gasteiger partial charge in [0.05, 0.1) is 5.52 Å². The molecule has 0 N–H and O–H groups in total. The Morgan fingerprint density at radius 1 is 1.05 bits per heavy atom. The summed E-state index contributed by atoms with van der Waals surface area (Å²) >= 11 is 0. The third kappa shape index (κ3) is 2.87. The number of aromatic nitrogens is 1. The fraction of sp³-hybridized carbons (Fsp3) is 0.167. The Hall–Kier alpha value is -2.42. The summed E-state index contributed by atoms with van der Waals surface area (Å²) in [6.45, 7) is 4.25. The highest BCUT2D eigenvalue weighted by molar-refractivity contribution is 5.82. The highest BCUT2D eigenvalue weighted by Gasteiger charge is 2.06. The van der Waals surface area contributed by atoms with Crippen LogP contribution in [0.3, 0.4) is 0 Å². The number of ether oxygens (including phenoxy) is 1. The van der Waals surface area contributed by atoms with Crippen molar-refractivity contribution in [3.8, 4) is 5.75 Å². The van der Waals surface area contributed by atoms with E-state index < -0.39 is 0 Å². The molecule has 1 heterocycles. The number of fused-ring (bicyclic) bond motifs is 1. The number of benzene rings is 2. The molecule has 2 aromatic carbocycles. The molecule has 3 rings (SSSR count). The van der Waals surface area contributed by atoms with Gasteiger partial charge in [0.15, 0.2) is 0 Å². The fourth-order valence-corrected chi connectivity index (χ4v) is 2.44. The largest absolute Gasteiger partial charge is 0.489 e. The van der Waals surface area contributed by atoms with E-state index in [9.17, 15) is 4.39 Å². The summed E-state index contributed by atoms with van der Waals surface area (Å²) in [5, 5.41) is 1.09. The predicted molar refractivity (Wildman–Crippen MR) is 81.9 cm³/mol. The third-order valence-corrected chi connectivity index (χ3v) is 3.45. The zero-order valence-electron chi connectivity index (χ0n) is 12.1. The summed E-state index contributed by atoms with van der Waals surface area (Å²) in [7, 11) is 0. The van der Waals surface area contributed by atoms with E-state index in [1.165, 1.54) is 12.1 Å². The van der Waals surface area contributed by atoms with Crippen LogP contribution in [0.25, 0.3) is 10.9 Å². The van der Waals surface area contributed by atoms with Gasteiger partial charge in [-0.05, 0) is 49.7 Å². The van der Waals surface area contributed by atoms with Gasteiger partial charge in [-0.1, -0.05) is 18.2 Å². The monoisotopic (exact) mass is 281 g/mol. The van der Waals surface area contributed by atoms with Crippen molar-refractivity contribution < 1.29 is 9.13 Å². The maximum Gasteiger partial charge on any atom is 0.123 e. The minimum absolute atomic E-state index is 0.245. The minimum Gasteiger partial charge on any atom is -0.489 e. The minimum atomic E-state index is -0.245. The first-order valence-corrected chi connectivity index (χ1v) is 6.88. The topological polar surface area (TPSA) is 22.1 Å². The second-order valence-electron chi connectivity index (χ2n) is 5.14. The number of aryl methyl sites for hydroxylation is 2. The summed E-state index contributed by atoms with van der Waals surface area (Å²) in [4.78, 5) is 4.52. The van der Waals surface area contributed by atoms with Gasteiger partial charge in [-0.2, -0.15) is 0 Å². The zero-order valence-corrected chi connectivity index (χ0v) is 12.1. The van der Waals surface area contributed by atoms with E-state index in [2.05, 4.69) is 4.98 Å². The normalized spacial score (nSPS) is 10.8. The molecule has 2 nitrogen and oxygen atoms in total. The van der Waals surface area contributed by atoms with Crippen LogP contribution < -0.4 is 4.74 Å².